The van der Waals surface area contributed by atoms with Crippen LogP contribution in [0.2, 0.25) is 0 Å². The van der Waals surface area contributed by atoms with Gasteiger partial charge in [-0.1, -0.05) is 0 Å². The highest BCUT2D eigenvalue weighted by atomic mass is 79.9. The molecule has 1 aromatic rings. The summed E-state index contributed by atoms with van der Waals surface area (Å²) < 4.78 is 27.4. The van der Waals surface area contributed by atoms with Crippen molar-refractivity contribution in [3.63, 3.8) is 0 Å². The zero-order valence-corrected chi connectivity index (χ0v) is 11.7. The van der Waals surface area contributed by atoms with Crippen LogP contribution in [0.25, 0.3) is 0 Å². The topological polar surface area (TPSA) is 60.4 Å². The number of hydrogen-bond acceptors (Lipinski definition) is 4. The molecule has 4 nitrogen and oxygen atoms in total. The van der Waals surface area contributed by atoms with Crippen molar-refractivity contribution in [1.29, 1.82) is 0 Å². The van der Waals surface area contributed by atoms with Crippen molar-refractivity contribution in [1.82, 2.24) is 0 Å². The van der Waals surface area contributed by atoms with Crippen LogP contribution in [0.4, 0.5) is 0 Å². The summed E-state index contributed by atoms with van der Waals surface area (Å²) in [6.45, 7) is 0. The Balaban J connectivity index is 3.58. The van der Waals surface area contributed by atoms with Gasteiger partial charge in [0.2, 0.25) is 0 Å². The second kappa shape index (κ2) is 4.91. The summed E-state index contributed by atoms with van der Waals surface area (Å²) in [5.74, 6) is 0.163. The van der Waals surface area contributed by atoms with Gasteiger partial charge in [0.05, 0.1) is 17.6 Å². The van der Waals surface area contributed by atoms with E-state index in [0.717, 1.165) is 6.07 Å². The Morgan fingerprint density at radius 1 is 1.44 bits per heavy atom. The summed E-state index contributed by atoms with van der Waals surface area (Å²) in [6.07, 6.45) is 0. The van der Waals surface area contributed by atoms with E-state index < -0.39 is 14.3 Å². The summed E-state index contributed by atoms with van der Waals surface area (Å²) in [5, 5.41) is -0.828. The van der Waals surface area contributed by atoms with Gasteiger partial charge in [0.1, 0.15) is 5.75 Å². The van der Waals surface area contributed by atoms with E-state index in [0.29, 0.717) is 0 Å². The van der Waals surface area contributed by atoms with E-state index in [4.69, 9.17) is 27.0 Å². The normalized spacial score (nSPS) is 11.2. The molecule has 8 heteroatoms. The van der Waals surface area contributed by atoms with Crippen LogP contribution in [0.5, 0.6) is 5.75 Å². The number of halogens is 3. The quantitative estimate of drug-likeness (QED) is 0.789. The molecule has 0 unspecified atom stereocenters. The molecule has 0 saturated heterocycles. The minimum Gasteiger partial charge on any atom is -0.496 e. The number of benzene rings is 1. The van der Waals surface area contributed by atoms with Crippen LogP contribution < -0.4 is 4.74 Å². The third kappa shape index (κ3) is 2.88. The number of methoxy groups -OCH3 is 1. The van der Waals surface area contributed by atoms with Crippen LogP contribution in [0, 0.1) is 0 Å². The van der Waals surface area contributed by atoms with E-state index in [1.165, 1.54) is 13.2 Å². The first kappa shape index (κ1) is 13.8. The zero-order chi connectivity index (χ0) is 12.5. The minimum absolute atomic E-state index is 0.0633. The minimum atomic E-state index is -3.96. The van der Waals surface area contributed by atoms with Gasteiger partial charge >= 0.3 is 0 Å². The van der Waals surface area contributed by atoms with E-state index >= 15 is 0 Å². The molecule has 0 N–H and O–H groups in total. The maximum absolute atomic E-state index is 11.2. The van der Waals surface area contributed by atoms with Gasteiger partial charge in [0.25, 0.3) is 14.3 Å². The molecular formula is C8H5BrCl2O4S. The second-order valence-corrected chi connectivity index (χ2v) is 6.43. The van der Waals surface area contributed by atoms with Crippen LogP contribution >= 0.6 is 38.2 Å². The highest BCUT2D eigenvalue weighted by molar-refractivity contribution is 9.10. The molecular weight excluding hydrogens is 343 g/mol. The molecule has 0 radical (unpaired) electrons. The predicted molar refractivity (Wildman–Crippen MR) is 63.9 cm³/mol. The molecule has 0 aliphatic heterocycles. The standard InChI is InChI=1S/C8H5BrCl2O4S/c1-15-6-3-5(9)7(16(11,13)14)2-4(6)8(10)12/h2-3H,1H3. The summed E-state index contributed by atoms with van der Waals surface area (Å²) in [5.41, 5.74) is -0.0633. The maximum atomic E-state index is 11.2. The third-order valence-corrected chi connectivity index (χ3v) is 4.21. The Kier molecular flexibility index (Phi) is 4.23. The fourth-order valence-corrected chi connectivity index (χ4v) is 3.37. The Morgan fingerprint density at radius 2 is 2.00 bits per heavy atom. The van der Waals surface area contributed by atoms with Crippen molar-refractivity contribution >= 4 is 52.5 Å². The van der Waals surface area contributed by atoms with E-state index in [1.807, 2.05) is 0 Å². The van der Waals surface area contributed by atoms with Crippen molar-refractivity contribution in [3.8, 4) is 5.75 Å². The molecule has 0 saturated carbocycles. The first-order valence-electron chi connectivity index (χ1n) is 3.79. The van der Waals surface area contributed by atoms with E-state index in [9.17, 15) is 13.2 Å². The van der Waals surface area contributed by atoms with Crippen LogP contribution in [0.1, 0.15) is 10.4 Å². The van der Waals surface area contributed by atoms with E-state index in [-0.39, 0.29) is 20.7 Å². The van der Waals surface area contributed by atoms with Crippen molar-refractivity contribution in [2.75, 3.05) is 7.11 Å². The van der Waals surface area contributed by atoms with Crippen LogP contribution in [0.3, 0.4) is 0 Å². The SMILES string of the molecule is COc1cc(Br)c(S(=O)(=O)Cl)cc1C(=O)Cl. The van der Waals surface area contributed by atoms with Crippen LogP contribution in [0.15, 0.2) is 21.5 Å². The number of hydrogen-bond donors (Lipinski definition) is 0. The molecule has 0 spiro atoms. The van der Waals surface area contributed by atoms with Crippen molar-refractivity contribution in [2.45, 2.75) is 4.90 Å². The van der Waals surface area contributed by atoms with Gasteiger partial charge < -0.3 is 4.74 Å². The number of carbonyl (C=O) groups is 1. The fourth-order valence-electron chi connectivity index (χ4n) is 1.04. The second-order valence-electron chi connectivity index (χ2n) is 2.69. The summed E-state index contributed by atoms with van der Waals surface area (Å²) in [7, 11) is 2.56. The maximum Gasteiger partial charge on any atom is 0.262 e. The highest BCUT2D eigenvalue weighted by Gasteiger charge is 2.20. The first-order chi connectivity index (χ1) is 7.27. The third-order valence-electron chi connectivity index (χ3n) is 1.73. The molecule has 0 atom stereocenters. The number of rotatable bonds is 3. The first-order valence-corrected chi connectivity index (χ1v) is 7.27. The smallest absolute Gasteiger partial charge is 0.262 e. The molecule has 1 aromatic carbocycles. The Morgan fingerprint density at radius 3 is 2.38 bits per heavy atom. The molecule has 0 aromatic heterocycles. The molecule has 0 fully saturated rings. The van der Waals surface area contributed by atoms with E-state index in [1.54, 1.807) is 0 Å². The van der Waals surface area contributed by atoms with Crippen LogP contribution in [-0.4, -0.2) is 20.8 Å². The molecule has 1 rings (SSSR count). The monoisotopic (exact) mass is 346 g/mol. The van der Waals surface area contributed by atoms with Gasteiger partial charge in [0.15, 0.2) is 0 Å². The number of carbonyl (C=O) groups excluding carboxylic acids is 1. The summed E-state index contributed by atoms with van der Waals surface area (Å²) in [6, 6.07) is 2.37. The lowest BCUT2D eigenvalue weighted by Crippen LogP contribution is -2.00. The van der Waals surface area contributed by atoms with Gasteiger partial charge in [-0.25, -0.2) is 8.42 Å². The predicted octanol–water partition coefficient (Wildman–Crippen LogP) is 2.76. The fraction of sp³-hybridized carbons (Fsp3) is 0.125. The van der Waals surface area contributed by atoms with Gasteiger partial charge in [-0.05, 0) is 39.7 Å². The molecule has 0 bridgehead atoms. The number of ether oxygens (including phenoxy) is 1. The largest absolute Gasteiger partial charge is 0.496 e. The van der Waals surface area contributed by atoms with Gasteiger partial charge in [-0.3, -0.25) is 4.79 Å². The zero-order valence-electron chi connectivity index (χ0n) is 7.83. The highest BCUT2D eigenvalue weighted by Crippen LogP contribution is 2.32. The lowest BCUT2D eigenvalue weighted by atomic mass is 10.2. The van der Waals surface area contributed by atoms with Crippen LogP contribution in [-0.2, 0) is 9.05 Å². The average Bonchev–Trinajstić information content (AvgIpc) is 2.14. The average molecular weight is 348 g/mol. The molecule has 88 valence electrons. The lowest BCUT2D eigenvalue weighted by molar-refractivity contribution is 0.107. The van der Waals surface area contributed by atoms with Crippen molar-refractivity contribution in [2.24, 2.45) is 0 Å². The Labute approximate surface area is 110 Å². The van der Waals surface area contributed by atoms with Gasteiger partial charge in [-0.15, -0.1) is 0 Å². The summed E-state index contributed by atoms with van der Waals surface area (Å²) in [4.78, 5) is 10.8. The summed E-state index contributed by atoms with van der Waals surface area (Å²) >= 11 is 8.30. The Bertz CT molecular complexity index is 541. The lowest BCUT2D eigenvalue weighted by Gasteiger charge is -2.08. The van der Waals surface area contributed by atoms with E-state index in [2.05, 4.69) is 15.9 Å². The molecule has 0 amide bonds. The molecule has 0 heterocycles. The van der Waals surface area contributed by atoms with Crippen molar-refractivity contribution in [3.05, 3.63) is 22.2 Å². The molecule has 0 aliphatic carbocycles. The molecule has 0 aliphatic rings. The van der Waals surface area contributed by atoms with Gasteiger partial charge in [0, 0.05) is 15.2 Å². The van der Waals surface area contributed by atoms with Crippen molar-refractivity contribution < 1.29 is 17.9 Å². The molecule has 16 heavy (non-hydrogen) atoms. The Hall–Kier alpha value is -0.300. The van der Waals surface area contributed by atoms with Gasteiger partial charge in [-0.2, -0.15) is 0 Å².